The van der Waals surface area contributed by atoms with Crippen molar-refractivity contribution in [3.05, 3.63) is 24.3 Å². The van der Waals surface area contributed by atoms with Gasteiger partial charge in [0.25, 0.3) is 0 Å². The van der Waals surface area contributed by atoms with Crippen molar-refractivity contribution >= 4 is 11.9 Å². The van der Waals surface area contributed by atoms with Crippen molar-refractivity contribution in [1.82, 2.24) is 0 Å². The van der Waals surface area contributed by atoms with Gasteiger partial charge in [0.2, 0.25) is 0 Å². The highest BCUT2D eigenvalue weighted by Crippen LogP contribution is 2.16. The smallest absolute Gasteiger partial charge is 0.306 e. The predicted molar refractivity (Wildman–Crippen MR) is 252 cm³/mol. The van der Waals surface area contributed by atoms with Crippen LogP contribution in [0.5, 0.6) is 0 Å². The van der Waals surface area contributed by atoms with E-state index < -0.39 is 6.10 Å². The lowest BCUT2D eigenvalue weighted by atomic mass is 10.0. The van der Waals surface area contributed by atoms with Gasteiger partial charge in [-0.3, -0.25) is 9.59 Å². The molecule has 0 aliphatic carbocycles. The largest absolute Gasteiger partial charge is 0.462 e. The van der Waals surface area contributed by atoms with E-state index in [0.29, 0.717) is 26.1 Å². The van der Waals surface area contributed by atoms with Crippen LogP contribution in [0.4, 0.5) is 0 Å². The number of unbranched alkanes of at least 4 members (excludes halogenated alkanes) is 33. The van der Waals surface area contributed by atoms with Crippen LogP contribution in [0, 0.1) is 0 Å². The van der Waals surface area contributed by atoms with Crippen LogP contribution in [-0.2, 0) is 23.8 Å². The molecule has 0 aromatic carbocycles. The molecule has 0 aromatic heterocycles. The molecule has 0 saturated carbocycles. The molecule has 0 saturated heterocycles. The van der Waals surface area contributed by atoms with Crippen molar-refractivity contribution in [3.8, 4) is 0 Å². The second kappa shape index (κ2) is 49.7. The standard InChI is InChI=1S/C53H100O5/c1-4-7-10-13-16-19-22-25-27-29-31-34-37-40-43-46-52(54)57-50-51(49-56-48-45-42-39-36-33-24-21-18-15-12-9-6-3)58-53(55)47-44-41-38-35-32-30-28-26-23-20-17-14-11-8-5-2/h16,19,25,27,51H,4-15,17-18,20-24,26,28-50H2,1-3H3/b19-16-,27-25-. The molecule has 5 heteroatoms. The zero-order valence-corrected chi connectivity index (χ0v) is 39.3. The maximum atomic E-state index is 12.8. The monoisotopic (exact) mass is 817 g/mol. The Morgan fingerprint density at radius 3 is 1.17 bits per heavy atom. The number of rotatable bonds is 48. The van der Waals surface area contributed by atoms with Gasteiger partial charge in [-0.1, -0.05) is 238 Å². The van der Waals surface area contributed by atoms with Crippen LogP contribution in [0.25, 0.3) is 0 Å². The van der Waals surface area contributed by atoms with Gasteiger partial charge in [0, 0.05) is 19.4 Å². The molecular weight excluding hydrogens is 717 g/mol. The van der Waals surface area contributed by atoms with Gasteiger partial charge in [0.05, 0.1) is 6.61 Å². The van der Waals surface area contributed by atoms with Gasteiger partial charge >= 0.3 is 11.9 Å². The Kier molecular flexibility index (Phi) is 48.4. The van der Waals surface area contributed by atoms with E-state index in [9.17, 15) is 9.59 Å². The Balaban J connectivity index is 4.23. The van der Waals surface area contributed by atoms with Crippen molar-refractivity contribution in [1.29, 1.82) is 0 Å². The first-order valence-corrected chi connectivity index (χ1v) is 25.9. The fourth-order valence-electron chi connectivity index (χ4n) is 7.60. The minimum absolute atomic E-state index is 0.0855. The minimum Gasteiger partial charge on any atom is -0.462 e. The van der Waals surface area contributed by atoms with E-state index in [0.717, 1.165) is 51.4 Å². The van der Waals surface area contributed by atoms with E-state index in [1.165, 1.54) is 193 Å². The van der Waals surface area contributed by atoms with Gasteiger partial charge in [-0.25, -0.2) is 0 Å². The minimum atomic E-state index is -0.533. The Labute approximate surface area is 362 Å². The molecule has 0 bridgehead atoms. The molecule has 1 atom stereocenters. The third kappa shape index (κ3) is 47.1. The lowest BCUT2D eigenvalue weighted by molar-refractivity contribution is -0.163. The van der Waals surface area contributed by atoms with Gasteiger partial charge in [-0.2, -0.15) is 0 Å². The van der Waals surface area contributed by atoms with Crippen LogP contribution in [0.2, 0.25) is 0 Å². The maximum absolute atomic E-state index is 12.8. The molecular formula is C53H100O5. The summed E-state index contributed by atoms with van der Waals surface area (Å²) in [6.45, 7) is 7.84. The van der Waals surface area contributed by atoms with Crippen molar-refractivity contribution in [2.24, 2.45) is 0 Å². The summed E-state index contributed by atoms with van der Waals surface area (Å²) in [5.74, 6) is -0.395. The third-order valence-electron chi connectivity index (χ3n) is 11.5. The summed E-state index contributed by atoms with van der Waals surface area (Å²) in [5.41, 5.74) is 0. The molecule has 0 fully saturated rings. The number of esters is 2. The average Bonchev–Trinajstić information content (AvgIpc) is 3.22. The molecule has 1 unspecified atom stereocenters. The van der Waals surface area contributed by atoms with Gasteiger partial charge in [-0.15, -0.1) is 0 Å². The quantitative estimate of drug-likeness (QED) is 0.0348. The lowest BCUT2D eigenvalue weighted by Crippen LogP contribution is -2.30. The van der Waals surface area contributed by atoms with Crippen LogP contribution < -0.4 is 0 Å². The molecule has 0 heterocycles. The first-order valence-electron chi connectivity index (χ1n) is 25.9. The molecule has 5 nitrogen and oxygen atoms in total. The van der Waals surface area contributed by atoms with Crippen molar-refractivity contribution in [2.75, 3.05) is 19.8 Å². The Bertz CT molecular complexity index is 882. The van der Waals surface area contributed by atoms with Gasteiger partial charge in [0.15, 0.2) is 6.10 Å². The third-order valence-corrected chi connectivity index (χ3v) is 11.5. The predicted octanol–water partition coefficient (Wildman–Crippen LogP) is 17.2. The second-order valence-corrected chi connectivity index (χ2v) is 17.4. The summed E-state index contributed by atoms with van der Waals surface area (Å²) < 4.78 is 17.4. The van der Waals surface area contributed by atoms with E-state index in [2.05, 4.69) is 45.1 Å². The molecule has 0 rings (SSSR count). The normalized spacial score (nSPS) is 12.3. The zero-order valence-electron chi connectivity index (χ0n) is 39.3. The molecule has 0 aromatic rings. The van der Waals surface area contributed by atoms with Crippen LogP contribution in [0.15, 0.2) is 24.3 Å². The van der Waals surface area contributed by atoms with Crippen molar-refractivity contribution in [3.63, 3.8) is 0 Å². The summed E-state index contributed by atoms with van der Waals surface area (Å²) in [5, 5.41) is 0. The molecule has 0 radical (unpaired) electrons. The Hall–Kier alpha value is -1.62. The number of carbonyl (C=O) groups is 2. The lowest BCUT2D eigenvalue weighted by Gasteiger charge is -2.18. The molecule has 342 valence electrons. The molecule has 0 amide bonds. The summed E-state index contributed by atoms with van der Waals surface area (Å²) >= 11 is 0. The Morgan fingerprint density at radius 1 is 0.379 bits per heavy atom. The number of hydrogen-bond donors (Lipinski definition) is 0. The first-order chi connectivity index (χ1) is 28.6. The van der Waals surface area contributed by atoms with E-state index >= 15 is 0 Å². The van der Waals surface area contributed by atoms with E-state index in [1.807, 2.05) is 0 Å². The van der Waals surface area contributed by atoms with Crippen LogP contribution in [-0.4, -0.2) is 37.9 Å². The van der Waals surface area contributed by atoms with E-state index in [-0.39, 0.29) is 18.5 Å². The van der Waals surface area contributed by atoms with Gasteiger partial charge in [0.1, 0.15) is 6.61 Å². The van der Waals surface area contributed by atoms with Crippen molar-refractivity contribution < 1.29 is 23.8 Å². The number of carbonyl (C=O) groups excluding carboxylic acids is 2. The van der Waals surface area contributed by atoms with Crippen LogP contribution in [0.1, 0.15) is 278 Å². The average molecular weight is 817 g/mol. The summed E-state index contributed by atoms with van der Waals surface area (Å²) in [6, 6.07) is 0. The highest BCUT2D eigenvalue weighted by molar-refractivity contribution is 5.70. The maximum Gasteiger partial charge on any atom is 0.306 e. The number of allylic oxidation sites excluding steroid dienone is 4. The number of hydrogen-bond acceptors (Lipinski definition) is 5. The number of ether oxygens (including phenoxy) is 3. The van der Waals surface area contributed by atoms with Gasteiger partial charge in [-0.05, 0) is 51.4 Å². The van der Waals surface area contributed by atoms with Gasteiger partial charge < -0.3 is 14.2 Å². The van der Waals surface area contributed by atoms with Crippen LogP contribution in [0.3, 0.4) is 0 Å². The highest BCUT2D eigenvalue weighted by atomic mass is 16.6. The van der Waals surface area contributed by atoms with Crippen molar-refractivity contribution in [2.45, 2.75) is 284 Å². The molecule has 0 aliphatic heterocycles. The second-order valence-electron chi connectivity index (χ2n) is 17.4. The first kappa shape index (κ1) is 56.4. The topological polar surface area (TPSA) is 61.8 Å². The summed E-state index contributed by atoms with van der Waals surface area (Å²) in [6.07, 6.45) is 57.5. The van der Waals surface area contributed by atoms with Crippen LogP contribution >= 0.6 is 0 Å². The fraction of sp³-hybridized carbons (Fsp3) is 0.887. The zero-order chi connectivity index (χ0) is 42.1. The molecule has 58 heavy (non-hydrogen) atoms. The SMILES string of the molecule is CCCCC/C=C\C/C=C\CCCCCCCC(=O)OCC(COCCCCCCCCCCCCCC)OC(=O)CCCCCCCCCCCCCCCCC. The molecule has 0 N–H and O–H groups in total. The fourth-order valence-corrected chi connectivity index (χ4v) is 7.60. The molecule has 0 aliphatic rings. The summed E-state index contributed by atoms with van der Waals surface area (Å²) in [4.78, 5) is 25.4. The van der Waals surface area contributed by atoms with E-state index in [1.54, 1.807) is 0 Å². The highest BCUT2D eigenvalue weighted by Gasteiger charge is 2.17. The summed E-state index contributed by atoms with van der Waals surface area (Å²) in [7, 11) is 0. The molecule has 0 spiro atoms. The van der Waals surface area contributed by atoms with E-state index in [4.69, 9.17) is 14.2 Å². The Morgan fingerprint density at radius 2 is 0.724 bits per heavy atom.